The average Bonchev–Trinajstić information content (AvgIpc) is 2.94. The molecule has 1 unspecified atom stereocenters. The van der Waals surface area contributed by atoms with Crippen molar-refractivity contribution in [2.75, 3.05) is 18.1 Å². The zero-order valence-corrected chi connectivity index (χ0v) is 12.8. The summed E-state index contributed by atoms with van der Waals surface area (Å²) in [6.07, 6.45) is 0.431. The topological polar surface area (TPSA) is 114 Å². The molecule has 0 amide bonds. The number of rotatable bonds is 6. The highest BCUT2D eigenvalue weighted by atomic mass is 32.2. The first kappa shape index (κ1) is 15.9. The van der Waals surface area contributed by atoms with Crippen LogP contribution < -0.4 is 0 Å². The molecule has 21 heavy (non-hydrogen) atoms. The number of hydrogen-bond acceptors (Lipinski definition) is 7. The smallest absolute Gasteiger partial charge is 0.317 e. The van der Waals surface area contributed by atoms with E-state index in [2.05, 4.69) is 10.1 Å². The molecule has 0 aliphatic carbocycles. The van der Waals surface area contributed by atoms with Crippen LogP contribution >= 0.6 is 0 Å². The summed E-state index contributed by atoms with van der Waals surface area (Å²) >= 11 is 0. The maximum absolute atomic E-state index is 11.6. The molecule has 0 spiro atoms. The van der Waals surface area contributed by atoms with E-state index in [0.717, 1.165) is 0 Å². The van der Waals surface area contributed by atoms with Crippen LogP contribution in [0.1, 0.15) is 37.9 Å². The molecule has 1 atom stereocenters. The Morgan fingerprint density at radius 3 is 2.71 bits per heavy atom. The lowest BCUT2D eigenvalue weighted by molar-refractivity contribution is -0.139. The molecule has 0 saturated carbocycles. The molecule has 1 aliphatic rings. The lowest BCUT2D eigenvalue weighted by Crippen LogP contribution is -2.39. The van der Waals surface area contributed by atoms with Crippen molar-refractivity contribution in [1.29, 1.82) is 0 Å². The zero-order chi connectivity index (χ0) is 15.6. The van der Waals surface area contributed by atoms with Crippen LogP contribution in [-0.4, -0.2) is 58.6 Å². The molecule has 118 valence electrons. The summed E-state index contributed by atoms with van der Waals surface area (Å²) in [5.74, 6) is 0.0362. The van der Waals surface area contributed by atoms with Crippen molar-refractivity contribution in [2.45, 2.75) is 38.8 Å². The van der Waals surface area contributed by atoms with E-state index in [1.165, 1.54) is 0 Å². The zero-order valence-electron chi connectivity index (χ0n) is 12.0. The summed E-state index contributed by atoms with van der Waals surface area (Å²) in [6.45, 7) is 3.74. The van der Waals surface area contributed by atoms with Crippen molar-refractivity contribution in [3.63, 3.8) is 0 Å². The van der Waals surface area contributed by atoms with Gasteiger partial charge in [0.25, 0.3) is 0 Å². The lowest BCUT2D eigenvalue weighted by Gasteiger charge is -2.24. The fourth-order valence-electron chi connectivity index (χ4n) is 2.29. The Morgan fingerprint density at radius 2 is 2.24 bits per heavy atom. The molecule has 1 N–H and O–H groups in total. The van der Waals surface area contributed by atoms with Crippen LogP contribution in [0.5, 0.6) is 0 Å². The second-order valence-corrected chi connectivity index (χ2v) is 7.79. The van der Waals surface area contributed by atoms with Crippen LogP contribution in [0.2, 0.25) is 0 Å². The van der Waals surface area contributed by atoms with Crippen molar-refractivity contribution in [1.82, 2.24) is 15.0 Å². The Bertz CT molecular complexity index is 610. The van der Waals surface area contributed by atoms with Crippen molar-refractivity contribution < 1.29 is 22.8 Å². The van der Waals surface area contributed by atoms with Crippen LogP contribution in [0.25, 0.3) is 0 Å². The first-order chi connectivity index (χ1) is 9.77. The average molecular weight is 317 g/mol. The molecule has 8 nitrogen and oxygen atoms in total. The second-order valence-electron chi connectivity index (χ2n) is 5.56. The minimum Gasteiger partial charge on any atom is -0.480 e. The molecular formula is C12H19N3O5S. The largest absolute Gasteiger partial charge is 0.480 e. The van der Waals surface area contributed by atoms with Gasteiger partial charge in [0.15, 0.2) is 15.7 Å². The Balaban J connectivity index is 2.10. The number of carboxylic acids is 1. The van der Waals surface area contributed by atoms with Crippen molar-refractivity contribution in [2.24, 2.45) is 0 Å². The van der Waals surface area contributed by atoms with Gasteiger partial charge in [0.1, 0.15) is 0 Å². The van der Waals surface area contributed by atoms with Crippen LogP contribution in [0.15, 0.2) is 4.52 Å². The van der Waals surface area contributed by atoms with Gasteiger partial charge >= 0.3 is 5.97 Å². The van der Waals surface area contributed by atoms with Gasteiger partial charge in [0, 0.05) is 12.0 Å². The van der Waals surface area contributed by atoms with Crippen LogP contribution in [0.4, 0.5) is 0 Å². The SMILES string of the molecule is CC(C)c1noc(CN(CC(=O)O)C2CCS(=O)(=O)C2)n1. The van der Waals surface area contributed by atoms with Gasteiger partial charge < -0.3 is 9.63 Å². The monoisotopic (exact) mass is 317 g/mol. The molecular weight excluding hydrogens is 298 g/mol. The Morgan fingerprint density at radius 1 is 1.52 bits per heavy atom. The second kappa shape index (κ2) is 6.10. The summed E-state index contributed by atoms with van der Waals surface area (Å²) in [5, 5.41) is 12.8. The molecule has 1 fully saturated rings. The van der Waals surface area contributed by atoms with Crippen molar-refractivity contribution >= 4 is 15.8 Å². The Hall–Kier alpha value is -1.48. The van der Waals surface area contributed by atoms with Gasteiger partial charge in [-0.15, -0.1) is 0 Å². The number of carboxylic acid groups (broad SMARTS) is 1. The summed E-state index contributed by atoms with van der Waals surface area (Å²) in [6, 6.07) is -0.319. The highest BCUT2D eigenvalue weighted by Crippen LogP contribution is 2.20. The standard InChI is InChI=1S/C12H19N3O5S/c1-8(2)12-13-10(20-14-12)5-15(6-11(16)17)9-3-4-21(18,19)7-9/h8-9H,3-7H2,1-2H3,(H,16,17). The molecule has 1 aromatic rings. The van der Waals surface area contributed by atoms with Crippen LogP contribution in [-0.2, 0) is 21.2 Å². The van der Waals surface area contributed by atoms with E-state index >= 15 is 0 Å². The van der Waals surface area contributed by atoms with E-state index < -0.39 is 15.8 Å². The minimum absolute atomic E-state index is 0.0224. The molecule has 2 heterocycles. The predicted octanol–water partition coefficient (Wildman–Crippen LogP) is 0.267. The van der Waals surface area contributed by atoms with Gasteiger partial charge in [-0.1, -0.05) is 19.0 Å². The van der Waals surface area contributed by atoms with E-state index in [9.17, 15) is 13.2 Å². The van der Waals surface area contributed by atoms with Gasteiger partial charge in [-0.2, -0.15) is 4.98 Å². The van der Waals surface area contributed by atoms with Crippen molar-refractivity contribution in [3.8, 4) is 0 Å². The maximum Gasteiger partial charge on any atom is 0.317 e. The number of hydrogen-bond donors (Lipinski definition) is 1. The third kappa shape index (κ3) is 4.24. The highest BCUT2D eigenvalue weighted by Gasteiger charge is 2.34. The van der Waals surface area contributed by atoms with Gasteiger partial charge in [-0.05, 0) is 6.42 Å². The molecule has 2 rings (SSSR count). The van der Waals surface area contributed by atoms with Crippen molar-refractivity contribution in [3.05, 3.63) is 11.7 Å². The molecule has 1 aromatic heterocycles. The van der Waals surface area contributed by atoms with E-state index in [1.807, 2.05) is 13.8 Å². The Labute approximate surface area is 123 Å². The molecule has 1 aliphatic heterocycles. The fraction of sp³-hybridized carbons (Fsp3) is 0.750. The molecule has 0 bridgehead atoms. The third-order valence-corrected chi connectivity index (χ3v) is 5.15. The van der Waals surface area contributed by atoms with Crippen LogP contribution in [0.3, 0.4) is 0 Å². The number of aliphatic carboxylic acids is 1. The fourth-order valence-corrected chi connectivity index (χ4v) is 4.05. The van der Waals surface area contributed by atoms with E-state index in [4.69, 9.17) is 9.63 Å². The van der Waals surface area contributed by atoms with E-state index in [1.54, 1.807) is 4.90 Å². The molecule has 9 heteroatoms. The van der Waals surface area contributed by atoms with E-state index in [0.29, 0.717) is 18.1 Å². The summed E-state index contributed by atoms with van der Waals surface area (Å²) in [5.41, 5.74) is 0. The highest BCUT2D eigenvalue weighted by molar-refractivity contribution is 7.91. The summed E-state index contributed by atoms with van der Waals surface area (Å²) < 4.78 is 28.2. The molecule has 0 radical (unpaired) electrons. The minimum atomic E-state index is -3.08. The van der Waals surface area contributed by atoms with Gasteiger partial charge in [0.05, 0.1) is 24.6 Å². The quantitative estimate of drug-likeness (QED) is 0.795. The van der Waals surface area contributed by atoms with Crippen LogP contribution in [0, 0.1) is 0 Å². The number of carbonyl (C=O) groups is 1. The van der Waals surface area contributed by atoms with E-state index in [-0.39, 0.29) is 36.6 Å². The van der Waals surface area contributed by atoms with Gasteiger partial charge in [-0.3, -0.25) is 9.69 Å². The first-order valence-corrected chi connectivity index (χ1v) is 8.57. The third-order valence-electron chi connectivity index (χ3n) is 3.40. The molecule has 1 saturated heterocycles. The molecule has 0 aromatic carbocycles. The first-order valence-electron chi connectivity index (χ1n) is 6.75. The lowest BCUT2D eigenvalue weighted by atomic mass is 10.2. The normalized spacial score (nSPS) is 21.2. The number of aromatic nitrogens is 2. The number of sulfone groups is 1. The summed E-state index contributed by atoms with van der Waals surface area (Å²) in [7, 11) is -3.08. The predicted molar refractivity (Wildman–Crippen MR) is 73.5 cm³/mol. The van der Waals surface area contributed by atoms with Gasteiger partial charge in [-0.25, -0.2) is 8.42 Å². The Kier molecular flexibility index (Phi) is 4.62. The number of nitrogens with zero attached hydrogens (tertiary/aromatic N) is 3. The maximum atomic E-state index is 11.6. The van der Waals surface area contributed by atoms with Gasteiger partial charge in [0.2, 0.25) is 5.89 Å². The summed E-state index contributed by atoms with van der Waals surface area (Å²) in [4.78, 5) is 16.8.